The highest BCUT2D eigenvalue weighted by Gasteiger charge is 2.14. The first-order valence-electron chi connectivity index (χ1n) is 8.51. The SMILES string of the molecule is CCS(=O)(=O)CC(C)NC(=O)/C=C/c1ccc(N2CCOCC2)cc1. The van der Waals surface area contributed by atoms with Gasteiger partial charge in [0.25, 0.3) is 0 Å². The number of nitrogens with one attached hydrogen (secondary N) is 1. The minimum Gasteiger partial charge on any atom is -0.378 e. The summed E-state index contributed by atoms with van der Waals surface area (Å²) in [6, 6.07) is 7.56. The van der Waals surface area contributed by atoms with E-state index in [-0.39, 0.29) is 17.4 Å². The minimum atomic E-state index is -3.10. The second-order valence-corrected chi connectivity index (χ2v) is 8.53. The minimum absolute atomic E-state index is 0.0443. The van der Waals surface area contributed by atoms with Gasteiger partial charge in [-0.1, -0.05) is 19.1 Å². The Labute approximate surface area is 149 Å². The third-order valence-corrected chi connectivity index (χ3v) is 5.92. The van der Waals surface area contributed by atoms with Gasteiger partial charge in [-0.25, -0.2) is 8.42 Å². The fourth-order valence-electron chi connectivity index (χ4n) is 2.62. The third kappa shape index (κ3) is 6.51. The molecule has 6 nitrogen and oxygen atoms in total. The fourth-order valence-corrected chi connectivity index (χ4v) is 3.70. The molecule has 1 amide bonds. The Morgan fingerprint density at radius 2 is 1.92 bits per heavy atom. The molecule has 0 bridgehead atoms. The van der Waals surface area contributed by atoms with Crippen molar-refractivity contribution in [2.75, 3.05) is 42.7 Å². The van der Waals surface area contributed by atoms with Crippen LogP contribution in [0.4, 0.5) is 5.69 Å². The summed E-state index contributed by atoms with van der Waals surface area (Å²) >= 11 is 0. The molecule has 1 saturated heterocycles. The average molecular weight is 366 g/mol. The van der Waals surface area contributed by atoms with Crippen molar-refractivity contribution in [2.45, 2.75) is 19.9 Å². The van der Waals surface area contributed by atoms with E-state index in [9.17, 15) is 13.2 Å². The van der Waals surface area contributed by atoms with Gasteiger partial charge in [-0.3, -0.25) is 4.79 Å². The molecule has 1 unspecified atom stereocenters. The van der Waals surface area contributed by atoms with E-state index in [0.29, 0.717) is 0 Å². The average Bonchev–Trinajstić information content (AvgIpc) is 2.60. The number of sulfone groups is 1. The summed E-state index contributed by atoms with van der Waals surface area (Å²) in [5, 5.41) is 2.68. The Hall–Kier alpha value is -1.86. The number of anilines is 1. The van der Waals surface area contributed by atoms with E-state index in [1.165, 1.54) is 6.08 Å². The topological polar surface area (TPSA) is 75.7 Å². The summed E-state index contributed by atoms with van der Waals surface area (Å²) < 4.78 is 28.4. The van der Waals surface area contributed by atoms with E-state index in [1.54, 1.807) is 19.9 Å². The summed E-state index contributed by atoms with van der Waals surface area (Å²) in [4.78, 5) is 14.2. The van der Waals surface area contributed by atoms with Gasteiger partial charge in [0.05, 0.1) is 19.0 Å². The molecule has 25 heavy (non-hydrogen) atoms. The molecule has 0 spiro atoms. The molecule has 0 saturated carbocycles. The molecular weight excluding hydrogens is 340 g/mol. The van der Waals surface area contributed by atoms with E-state index in [0.717, 1.165) is 37.6 Å². The van der Waals surface area contributed by atoms with Crippen LogP contribution in [0.3, 0.4) is 0 Å². The van der Waals surface area contributed by atoms with Crippen LogP contribution in [0.2, 0.25) is 0 Å². The maximum absolute atomic E-state index is 11.9. The number of amides is 1. The van der Waals surface area contributed by atoms with E-state index in [4.69, 9.17) is 4.74 Å². The van der Waals surface area contributed by atoms with E-state index in [2.05, 4.69) is 10.2 Å². The van der Waals surface area contributed by atoms with Gasteiger partial charge in [0.15, 0.2) is 9.84 Å². The van der Waals surface area contributed by atoms with Gasteiger partial charge in [-0.05, 0) is 30.7 Å². The van der Waals surface area contributed by atoms with Crippen molar-refractivity contribution in [2.24, 2.45) is 0 Å². The van der Waals surface area contributed by atoms with Crippen LogP contribution in [-0.2, 0) is 19.4 Å². The molecular formula is C18H26N2O4S. The molecule has 0 aromatic heterocycles. The summed E-state index contributed by atoms with van der Waals surface area (Å²) in [6.45, 7) is 6.55. The number of carbonyl (C=O) groups excluding carboxylic acids is 1. The number of carbonyl (C=O) groups is 1. The summed E-state index contributed by atoms with van der Waals surface area (Å²) in [6.07, 6.45) is 3.15. The zero-order valence-corrected chi connectivity index (χ0v) is 15.6. The standard InChI is InChI=1S/C18H26N2O4S/c1-3-25(22,23)14-15(2)19-18(21)9-6-16-4-7-17(8-5-16)20-10-12-24-13-11-20/h4-9,15H,3,10-14H2,1-2H3,(H,19,21)/b9-6+. The number of hydrogen-bond acceptors (Lipinski definition) is 5. The first-order chi connectivity index (χ1) is 11.9. The molecule has 0 radical (unpaired) electrons. The molecule has 1 aliphatic rings. The van der Waals surface area contributed by atoms with E-state index in [1.807, 2.05) is 24.3 Å². The maximum Gasteiger partial charge on any atom is 0.244 e. The molecule has 7 heteroatoms. The van der Waals surface area contributed by atoms with Crippen molar-refractivity contribution in [1.82, 2.24) is 5.32 Å². The van der Waals surface area contributed by atoms with Crippen molar-refractivity contribution in [1.29, 1.82) is 0 Å². The fraction of sp³-hybridized carbons (Fsp3) is 0.500. The monoisotopic (exact) mass is 366 g/mol. The number of morpholine rings is 1. The predicted molar refractivity (Wildman–Crippen MR) is 100 cm³/mol. The molecule has 138 valence electrons. The summed E-state index contributed by atoms with van der Waals surface area (Å²) in [5.74, 6) is -0.258. The predicted octanol–water partition coefficient (Wildman–Crippen LogP) is 1.48. The molecule has 1 heterocycles. The Kier molecular flexibility index (Phi) is 7.01. The summed E-state index contributed by atoms with van der Waals surface area (Å²) in [7, 11) is -3.10. The van der Waals surface area contributed by atoms with Crippen LogP contribution >= 0.6 is 0 Å². The number of hydrogen-bond donors (Lipinski definition) is 1. The molecule has 1 aromatic carbocycles. The van der Waals surface area contributed by atoms with Gasteiger partial charge in [0, 0.05) is 36.6 Å². The second-order valence-electron chi connectivity index (χ2n) is 6.13. The Morgan fingerprint density at radius 3 is 2.52 bits per heavy atom. The van der Waals surface area contributed by atoms with Gasteiger partial charge in [-0.2, -0.15) is 0 Å². The van der Waals surface area contributed by atoms with Crippen LogP contribution in [0.25, 0.3) is 6.08 Å². The molecule has 1 fully saturated rings. The molecule has 1 atom stereocenters. The number of nitrogens with zero attached hydrogens (tertiary/aromatic N) is 1. The van der Waals surface area contributed by atoms with Crippen LogP contribution in [-0.4, -0.2) is 58.2 Å². The van der Waals surface area contributed by atoms with Gasteiger partial charge < -0.3 is 15.0 Å². The first kappa shape index (κ1) is 19.5. The summed E-state index contributed by atoms with van der Waals surface area (Å²) in [5.41, 5.74) is 2.06. The molecule has 1 aromatic rings. The molecule has 0 aliphatic carbocycles. The second kappa shape index (κ2) is 9.01. The Bertz CT molecular complexity index is 692. The van der Waals surface area contributed by atoms with Gasteiger partial charge >= 0.3 is 0 Å². The van der Waals surface area contributed by atoms with Crippen molar-refractivity contribution >= 4 is 27.5 Å². The first-order valence-corrected chi connectivity index (χ1v) is 10.3. The zero-order chi connectivity index (χ0) is 18.3. The number of benzene rings is 1. The zero-order valence-electron chi connectivity index (χ0n) is 14.8. The van der Waals surface area contributed by atoms with Crippen molar-refractivity contribution in [3.05, 3.63) is 35.9 Å². The van der Waals surface area contributed by atoms with E-state index >= 15 is 0 Å². The lowest BCUT2D eigenvalue weighted by Crippen LogP contribution is -2.37. The van der Waals surface area contributed by atoms with Gasteiger partial charge in [-0.15, -0.1) is 0 Å². The lowest BCUT2D eigenvalue weighted by molar-refractivity contribution is -0.116. The third-order valence-electron chi connectivity index (χ3n) is 4.03. The van der Waals surface area contributed by atoms with Gasteiger partial charge in [0.2, 0.25) is 5.91 Å². The molecule has 1 N–H and O–H groups in total. The molecule has 1 aliphatic heterocycles. The quantitative estimate of drug-likeness (QED) is 0.740. The highest BCUT2D eigenvalue weighted by atomic mass is 32.2. The Balaban J connectivity index is 1.87. The van der Waals surface area contributed by atoms with Gasteiger partial charge in [0.1, 0.15) is 0 Å². The molecule has 2 rings (SSSR count). The van der Waals surface area contributed by atoms with Crippen LogP contribution in [0.5, 0.6) is 0 Å². The number of ether oxygens (including phenoxy) is 1. The van der Waals surface area contributed by atoms with E-state index < -0.39 is 15.9 Å². The largest absolute Gasteiger partial charge is 0.378 e. The van der Waals surface area contributed by atoms with Crippen LogP contribution in [0.15, 0.2) is 30.3 Å². The Morgan fingerprint density at radius 1 is 1.28 bits per heavy atom. The van der Waals surface area contributed by atoms with Crippen molar-refractivity contribution < 1.29 is 17.9 Å². The normalized spacial score (nSPS) is 16.8. The highest BCUT2D eigenvalue weighted by Crippen LogP contribution is 2.17. The van der Waals surface area contributed by atoms with Crippen LogP contribution in [0.1, 0.15) is 19.4 Å². The van der Waals surface area contributed by atoms with Crippen LogP contribution in [0, 0.1) is 0 Å². The van der Waals surface area contributed by atoms with Crippen molar-refractivity contribution in [3.8, 4) is 0 Å². The smallest absolute Gasteiger partial charge is 0.244 e. The lowest BCUT2D eigenvalue weighted by Gasteiger charge is -2.28. The highest BCUT2D eigenvalue weighted by molar-refractivity contribution is 7.91. The number of rotatable bonds is 7. The van der Waals surface area contributed by atoms with Crippen LogP contribution < -0.4 is 10.2 Å². The maximum atomic E-state index is 11.9. The lowest BCUT2D eigenvalue weighted by atomic mass is 10.1. The van der Waals surface area contributed by atoms with Crippen molar-refractivity contribution in [3.63, 3.8) is 0 Å².